The first kappa shape index (κ1) is 16.3. The summed E-state index contributed by atoms with van der Waals surface area (Å²) < 4.78 is 5.12. The van der Waals surface area contributed by atoms with Gasteiger partial charge in [0.25, 0.3) is 5.91 Å². The summed E-state index contributed by atoms with van der Waals surface area (Å²) in [5, 5.41) is 5.56. The van der Waals surface area contributed by atoms with E-state index in [2.05, 4.69) is 23.7 Å². The Morgan fingerprint density at radius 3 is 3.04 bits per heavy atom. The van der Waals surface area contributed by atoms with Crippen molar-refractivity contribution < 1.29 is 14.4 Å². The van der Waals surface area contributed by atoms with E-state index in [-0.39, 0.29) is 5.91 Å². The van der Waals surface area contributed by atoms with Crippen LogP contribution in [0.4, 0.5) is 5.69 Å². The molecule has 2 atom stereocenters. The first-order valence-electron chi connectivity index (χ1n) is 7.62. The van der Waals surface area contributed by atoms with Crippen LogP contribution in [0.2, 0.25) is 5.02 Å². The third-order valence-electron chi connectivity index (χ3n) is 4.36. The highest BCUT2D eigenvalue weighted by Crippen LogP contribution is 2.27. The van der Waals surface area contributed by atoms with Crippen molar-refractivity contribution in [3.8, 4) is 5.75 Å². The van der Waals surface area contributed by atoms with Crippen LogP contribution in [0.3, 0.4) is 0 Å². The predicted octanol–water partition coefficient (Wildman–Crippen LogP) is 2.55. The standard InChI is InChI=1S/C17H19ClN2O2S/c1-11-13-6-8-23-16(13)5-7-20(11)10-17(21)19-12-3-4-15(22-2)14(18)9-12/h3-4,6,8-9,11H,5,7,10H2,1-2H3,(H,19,21)/p+1/t11-/m0/s1. The van der Waals surface area contributed by atoms with Gasteiger partial charge in [-0.2, -0.15) is 0 Å². The molecule has 0 radical (unpaired) electrons. The SMILES string of the molecule is COc1ccc(NC(=O)C[NH+]2CCc3sccc3[C@@H]2C)cc1Cl. The van der Waals surface area contributed by atoms with Gasteiger partial charge in [-0.05, 0) is 36.6 Å². The normalized spacial score (nSPS) is 20.0. The number of quaternary nitrogens is 1. The molecule has 2 heterocycles. The van der Waals surface area contributed by atoms with Gasteiger partial charge < -0.3 is 15.0 Å². The Morgan fingerprint density at radius 1 is 1.48 bits per heavy atom. The fraction of sp³-hybridized carbons (Fsp3) is 0.353. The van der Waals surface area contributed by atoms with Crippen molar-refractivity contribution in [2.24, 2.45) is 0 Å². The number of hydrogen-bond acceptors (Lipinski definition) is 3. The molecule has 0 saturated carbocycles. The molecule has 3 rings (SSSR count). The highest BCUT2D eigenvalue weighted by molar-refractivity contribution is 7.10. The van der Waals surface area contributed by atoms with E-state index in [4.69, 9.17) is 16.3 Å². The van der Waals surface area contributed by atoms with Gasteiger partial charge in [-0.25, -0.2) is 0 Å². The quantitative estimate of drug-likeness (QED) is 0.889. The van der Waals surface area contributed by atoms with Crippen molar-refractivity contribution in [1.82, 2.24) is 0 Å². The van der Waals surface area contributed by atoms with Gasteiger partial charge in [-0.15, -0.1) is 11.3 Å². The molecule has 2 N–H and O–H groups in total. The Hall–Kier alpha value is -1.56. The Balaban J connectivity index is 1.63. The Kier molecular flexibility index (Phi) is 4.90. The summed E-state index contributed by atoms with van der Waals surface area (Å²) in [7, 11) is 1.57. The molecule has 23 heavy (non-hydrogen) atoms. The van der Waals surface area contributed by atoms with Crippen molar-refractivity contribution >= 4 is 34.5 Å². The van der Waals surface area contributed by atoms with E-state index in [9.17, 15) is 4.79 Å². The highest BCUT2D eigenvalue weighted by Gasteiger charge is 2.29. The first-order chi connectivity index (χ1) is 11.1. The number of halogens is 1. The zero-order valence-corrected chi connectivity index (χ0v) is 14.8. The molecule has 0 saturated heterocycles. The molecule has 1 aliphatic rings. The van der Waals surface area contributed by atoms with Gasteiger partial charge in [0.1, 0.15) is 11.8 Å². The number of rotatable bonds is 4. The number of carbonyl (C=O) groups is 1. The number of nitrogens with one attached hydrogen (secondary N) is 2. The van der Waals surface area contributed by atoms with Crippen LogP contribution in [-0.2, 0) is 11.2 Å². The average Bonchev–Trinajstić information content (AvgIpc) is 3.00. The third kappa shape index (κ3) is 3.52. The van der Waals surface area contributed by atoms with E-state index in [1.807, 2.05) is 11.3 Å². The maximum atomic E-state index is 12.3. The van der Waals surface area contributed by atoms with E-state index in [0.717, 1.165) is 13.0 Å². The van der Waals surface area contributed by atoms with Crippen LogP contribution < -0.4 is 15.0 Å². The summed E-state index contributed by atoms with van der Waals surface area (Å²) in [6.45, 7) is 3.64. The molecule has 0 spiro atoms. The van der Waals surface area contributed by atoms with Gasteiger partial charge in [0, 0.05) is 22.5 Å². The van der Waals surface area contributed by atoms with Gasteiger partial charge in [0.2, 0.25) is 0 Å². The largest absolute Gasteiger partial charge is 0.495 e. The molecular weight excluding hydrogens is 332 g/mol. The highest BCUT2D eigenvalue weighted by atomic mass is 35.5. The summed E-state index contributed by atoms with van der Waals surface area (Å²) in [4.78, 5) is 15.1. The minimum absolute atomic E-state index is 0.00626. The van der Waals surface area contributed by atoms with Gasteiger partial charge in [-0.1, -0.05) is 11.6 Å². The van der Waals surface area contributed by atoms with Crippen molar-refractivity contribution in [2.45, 2.75) is 19.4 Å². The average molecular weight is 352 g/mol. The molecule has 0 fully saturated rings. The number of hydrogen-bond donors (Lipinski definition) is 2. The molecule has 1 aliphatic heterocycles. The Bertz CT molecular complexity index is 716. The van der Waals surface area contributed by atoms with Crippen LogP contribution in [-0.4, -0.2) is 26.1 Å². The fourth-order valence-electron chi connectivity index (χ4n) is 3.05. The van der Waals surface area contributed by atoms with Crippen molar-refractivity contribution in [3.63, 3.8) is 0 Å². The smallest absolute Gasteiger partial charge is 0.279 e. The molecule has 1 amide bonds. The molecule has 122 valence electrons. The molecule has 1 unspecified atom stereocenters. The Morgan fingerprint density at radius 2 is 2.30 bits per heavy atom. The lowest BCUT2D eigenvalue weighted by atomic mass is 10.0. The number of ether oxygens (including phenoxy) is 1. The number of thiophene rings is 1. The van der Waals surface area contributed by atoms with E-state index < -0.39 is 0 Å². The van der Waals surface area contributed by atoms with Crippen LogP contribution in [0.15, 0.2) is 29.6 Å². The molecule has 2 aromatic rings. The van der Waals surface area contributed by atoms with Crippen LogP contribution >= 0.6 is 22.9 Å². The molecule has 0 aliphatic carbocycles. The number of carbonyl (C=O) groups excluding carboxylic acids is 1. The maximum absolute atomic E-state index is 12.3. The summed E-state index contributed by atoms with van der Waals surface area (Å²) in [5.74, 6) is 0.608. The summed E-state index contributed by atoms with van der Waals surface area (Å²) in [5.41, 5.74) is 2.08. The molecule has 1 aromatic heterocycles. The number of amides is 1. The fourth-order valence-corrected chi connectivity index (χ4v) is 4.28. The molecule has 0 bridgehead atoms. The van der Waals surface area contributed by atoms with Crippen molar-refractivity contribution in [3.05, 3.63) is 45.1 Å². The van der Waals surface area contributed by atoms with E-state index in [0.29, 0.717) is 29.0 Å². The summed E-state index contributed by atoms with van der Waals surface area (Å²) in [6, 6.07) is 7.81. The molecule has 6 heteroatoms. The van der Waals surface area contributed by atoms with Gasteiger partial charge in [-0.3, -0.25) is 4.79 Å². The minimum Gasteiger partial charge on any atom is -0.495 e. The van der Waals surface area contributed by atoms with Gasteiger partial charge >= 0.3 is 0 Å². The summed E-state index contributed by atoms with van der Waals surface area (Å²) >= 11 is 7.91. The lowest BCUT2D eigenvalue weighted by Crippen LogP contribution is -3.14. The van der Waals surface area contributed by atoms with Crippen LogP contribution in [0.5, 0.6) is 5.75 Å². The number of anilines is 1. The third-order valence-corrected chi connectivity index (χ3v) is 5.65. The van der Waals surface area contributed by atoms with E-state index >= 15 is 0 Å². The van der Waals surface area contributed by atoms with Crippen molar-refractivity contribution in [1.29, 1.82) is 0 Å². The molecule has 1 aromatic carbocycles. The van der Waals surface area contributed by atoms with Gasteiger partial charge in [0.15, 0.2) is 6.54 Å². The predicted molar refractivity (Wildman–Crippen MR) is 93.8 cm³/mol. The second-order valence-corrected chi connectivity index (χ2v) is 7.16. The lowest BCUT2D eigenvalue weighted by Gasteiger charge is -2.29. The maximum Gasteiger partial charge on any atom is 0.279 e. The first-order valence-corrected chi connectivity index (χ1v) is 8.88. The zero-order valence-electron chi connectivity index (χ0n) is 13.2. The number of methoxy groups -OCH3 is 1. The monoisotopic (exact) mass is 351 g/mol. The second kappa shape index (κ2) is 6.91. The van der Waals surface area contributed by atoms with Crippen LogP contribution in [0.25, 0.3) is 0 Å². The number of benzene rings is 1. The van der Waals surface area contributed by atoms with Crippen LogP contribution in [0, 0.1) is 0 Å². The summed E-state index contributed by atoms with van der Waals surface area (Å²) in [6.07, 6.45) is 1.05. The number of fused-ring (bicyclic) bond motifs is 1. The molecule has 4 nitrogen and oxygen atoms in total. The van der Waals surface area contributed by atoms with Crippen molar-refractivity contribution in [2.75, 3.05) is 25.5 Å². The zero-order chi connectivity index (χ0) is 16.4. The Labute approximate surface area is 145 Å². The lowest BCUT2D eigenvalue weighted by molar-refractivity contribution is -0.923. The topological polar surface area (TPSA) is 42.8 Å². The van der Waals surface area contributed by atoms with Gasteiger partial charge in [0.05, 0.1) is 18.7 Å². The van der Waals surface area contributed by atoms with Crippen LogP contribution in [0.1, 0.15) is 23.4 Å². The molecular formula is C17H20ClN2O2S+. The minimum atomic E-state index is 0.00626. The second-order valence-electron chi connectivity index (χ2n) is 5.75. The van der Waals surface area contributed by atoms with E-state index in [1.165, 1.54) is 15.3 Å². The van der Waals surface area contributed by atoms with E-state index in [1.54, 1.807) is 25.3 Å².